The Morgan fingerprint density at radius 3 is 2.81 bits per heavy atom. The first-order valence-corrected chi connectivity index (χ1v) is 8.38. The largest absolute Gasteiger partial charge is 0.381 e. The lowest BCUT2D eigenvalue weighted by atomic mass is 9.96. The number of allylic oxidation sites excluding steroid dienone is 1. The van der Waals surface area contributed by atoms with Gasteiger partial charge in [0.1, 0.15) is 0 Å². The fraction of sp³-hybridized carbons (Fsp3) is 0.824. The van der Waals surface area contributed by atoms with Gasteiger partial charge in [-0.2, -0.15) is 0 Å². The van der Waals surface area contributed by atoms with Crippen molar-refractivity contribution in [3.63, 3.8) is 0 Å². The van der Waals surface area contributed by atoms with Crippen molar-refractivity contribution in [2.75, 3.05) is 39.4 Å². The molecule has 2 aliphatic rings. The molecule has 2 saturated heterocycles. The molecule has 2 aliphatic heterocycles. The highest BCUT2D eigenvalue weighted by Crippen LogP contribution is 2.18. The molecule has 0 aromatic rings. The molecule has 1 unspecified atom stereocenters. The molecule has 2 heterocycles. The van der Waals surface area contributed by atoms with E-state index in [1.807, 2.05) is 0 Å². The summed E-state index contributed by atoms with van der Waals surface area (Å²) < 4.78 is 5.31. The first-order chi connectivity index (χ1) is 10.2. The summed E-state index contributed by atoms with van der Waals surface area (Å²) in [5.74, 6) is 1.01. The maximum Gasteiger partial charge on any atom is 0.223 e. The lowest BCUT2D eigenvalue weighted by Crippen LogP contribution is -2.43. The second-order valence-electron chi connectivity index (χ2n) is 6.51. The quantitative estimate of drug-likeness (QED) is 0.791. The number of hydrogen-bond acceptors (Lipinski definition) is 3. The summed E-state index contributed by atoms with van der Waals surface area (Å²) in [4.78, 5) is 14.7. The third-order valence-electron chi connectivity index (χ3n) is 4.73. The van der Waals surface area contributed by atoms with Crippen molar-refractivity contribution in [2.24, 2.45) is 11.8 Å². The van der Waals surface area contributed by atoms with E-state index in [-0.39, 0.29) is 11.8 Å². The van der Waals surface area contributed by atoms with Gasteiger partial charge in [0.2, 0.25) is 5.91 Å². The number of hydrogen-bond donors (Lipinski definition) is 1. The molecule has 1 amide bonds. The van der Waals surface area contributed by atoms with Gasteiger partial charge in [-0.05, 0) is 52.0 Å². The summed E-state index contributed by atoms with van der Waals surface area (Å²) in [6, 6.07) is 0. The zero-order chi connectivity index (χ0) is 15.1. The van der Waals surface area contributed by atoms with E-state index in [1.165, 1.54) is 25.0 Å². The number of amides is 1. The minimum Gasteiger partial charge on any atom is -0.381 e. The highest BCUT2D eigenvalue weighted by Gasteiger charge is 2.24. The molecule has 0 aromatic carbocycles. The summed E-state index contributed by atoms with van der Waals surface area (Å²) in [5.41, 5.74) is 1.43. The normalized spacial score (nSPS) is 25.8. The first-order valence-electron chi connectivity index (χ1n) is 8.38. The van der Waals surface area contributed by atoms with E-state index in [0.29, 0.717) is 5.92 Å². The molecule has 4 nitrogen and oxygen atoms in total. The first kappa shape index (κ1) is 16.5. The molecule has 2 fully saturated rings. The molecule has 1 atom stereocenters. The smallest absolute Gasteiger partial charge is 0.223 e. The van der Waals surface area contributed by atoms with Crippen LogP contribution in [-0.4, -0.2) is 50.2 Å². The third-order valence-corrected chi connectivity index (χ3v) is 4.73. The molecule has 0 saturated carbocycles. The van der Waals surface area contributed by atoms with Crippen LogP contribution in [0.2, 0.25) is 0 Å². The number of rotatable bonds is 5. The second kappa shape index (κ2) is 8.54. The lowest BCUT2D eigenvalue weighted by Gasteiger charge is -2.33. The van der Waals surface area contributed by atoms with E-state index in [2.05, 4.69) is 30.1 Å². The van der Waals surface area contributed by atoms with Gasteiger partial charge in [-0.3, -0.25) is 9.69 Å². The van der Waals surface area contributed by atoms with Crippen molar-refractivity contribution in [2.45, 2.75) is 39.5 Å². The number of nitrogens with zero attached hydrogens (tertiary/aromatic N) is 1. The van der Waals surface area contributed by atoms with Crippen LogP contribution >= 0.6 is 0 Å². The monoisotopic (exact) mass is 294 g/mol. The van der Waals surface area contributed by atoms with Crippen molar-refractivity contribution in [3.8, 4) is 0 Å². The molecule has 0 bridgehead atoms. The SMILES string of the molecule is CC=C(C)CN1CCCC(CNC(=O)C2CCOCC2)C1. The Balaban J connectivity index is 1.71. The molecule has 2 rings (SSSR count). The number of likely N-dealkylation sites (tertiary alicyclic amines) is 1. The average molecular weight is 294 g/mol. The van der Waals surface area contributed by atoms with Gasteiger partial charge in [0.15, 0.2) is 0 Å². The van der Waals surface area contributed by atoms with Gasteiger partial charge >= 0.3 is 0 Å². The van der Waals surface area contributed by atoms with E-state index in [9.17, 15) is 4.79 Å². The summed E-state index contributed by atoms with van der Waals surface area (Å²) in [7, 11) is 0. The minimum atomic E-state index is 0.170. The van der Waals surface area contributed by atoms with Gasteiger partial charge < -0.3 is 10.1 Å². The van der Waals surface area contributed by atoms with Gasteiger partial charge in [-0.15, -0.1) is 0 Å². The van der Waals surface area contributed by atoms with Crippen LogP contribution < -0.4 is 5.32 Å². The molecule has 1 N–H and O–H groups in total. The molecule has 0 spiro atoms. The average Bonchev–Trinajstić information content (AvgIpc) is 2.53. The standard InChI is InChI=1S/C17H30N2O2/c1-3-14(2)12-19-8-4-5-15(13-19)11-18-17(20)16-6-9-21-10-7-16/h3,15-16H,4-13H2,1-2H3,(H,18,20). The molecular formula is C17H30N2O2. The van der Waals surface area contributed by atoms with E-state index in [1.54, 1.807) is 0 Å². The molecular weight excluding hydrogens is 264 g/mol. The highest BCUT2D eigenvalue weighted by molar-refractivity contribution is 5.78. The Morgan fingerprint density at radius 2 is 2.10 bits per heavy atom. The topological polar surface area (TPSA) is 41.6 Å². The van der Waals surface area contributed by atoms with E-state index >= 15 is 0 Å². The summed E-state index contributed by atoms with van der Waals surface area (Å²) >= 11 is 0. The molecule has 120 valence electrons. The van der Waals surface area contributed by atoms with Gasteiger partial charge in [-0.1, -0.05) is 11.6 Å². The lowest BCUT2D eigenvalue weighted by molar-refractivity contribution is -0.128. The van der Waals surface area contributed by atoms with Gasteiger partial charge in [0, 0.05) is 38.8 Å². The van der Waals surface area contributed by atoms with Gasteiger partial charge in [0.05, 0.1) is 0 Å². The molecule has 0 aromatic heterocycles. The van der Waals surface area contributed by atoms with Crippen molar-refractivity contribution in [1.29, 1.82) is 0 Å². The van der Waals surface area contributed by atoms with Gasteiger partial charge in [-0.25, -0.2) is 0 Å². The third kappa shape index (κ3) is 5.44. The number of piperidine rings is 1. The van der Waals surface area contributed by atoms with Crippen LogP contribution in [0.5, 0.6) is 0 Å². The predicted octanol–water partition coefficient (Wildman–Crippen LogP) is 2.21. The van der Waals surface area contributed by atoms with Crippen molar-refractivity contribution in [3.05, 3.63) is 11.6 Å². The van der Waals surface area contributed by atoms with Crippen LogP contribution in [-0.2, 0) is 9.53 Å². The molecule has 21 heavy (non-hydrogen) atoms. The Hall–Kier alpha value is -0.870. The summed E-state index contributed by atoms with van der Waals surface area (Å²) in [6.45, 7) is 9.97. The highest BCUT2D eigenvalue weighted by atomic mass is 16.5. The van der Waals surface area contributed by atoms with Crippen LogP contribution in [0.25, 0.3) is 0 Å². The van der Waals surface area contributed by atoms with Gasteiger partial charge in [0.25, 0.3) is 0 Å². The number of carbonyl (C=O) groups excluding carboxylic acids is 1. The summed E-state index contributed by atoms with van der Waals surface area (Å²) in [6.07, 6.45) is 6.43. The van der Waals surface area contributed by atoms with Crippen LogP contribution in [0.1, 0.15) is 39.5 Å². The van der Waals surface area contributed by atoms with Crippen molar-refractivity contribution >= 4 is 5.91 Å². The fourth-order valence-electron chi connectivity index (χ4n) is 3.25. The maximum absolute atomic E-state index is 12.2. The maximum atomic E-state index is 12.2. The Kier molecular flexibility index (Phi) is 6.71. The molecule has 0 radical (unpaired) electrons. The number of ether oxygens (including phenoxy) is 1. The zero-order valence-corrected chi connectivity index (χ0v) is 13.6. The van der Waals surface area contributed by atoms with Crippen LogP contribution in [0, 0.1) is 11.8 Å². The fourth-order valence-corrected chi connectivity index (χ4v) is 3.25. The minimum absolute atomic E-state index is 0.170. The predicted molar refractivity (Wildman–Crippen MR) is 85.1 cm³/mol. The van der Waals surface area contributed by atoms with Crippen molar-refractivity contribution < 1.29 is 9.53 Å². The Bertz CT molecular complexity index is 362. The number of carbonyl (C=O) groups is 1. The molecule has 0 aliphatic carbocycles. The number of nitrogens with one attached hydrogen (secondary N) is 1. The second-order valence-corrected chi connectivity index (χ2v) is 6.51. The van der Waals surface area contributed by atoms with E-state index in [4.69, 9.17) is 4.74 Å². The summed E-state index contributed by atoms with van der Waals surface area (Å²) in [5, 5.41) is 3.17. The van der Waals surface area contributed by atoms with Crippen LogP contribution in [0.15, 0.2) is 11.6 Å². The Morgan fingerprint density at radius 1 is 1.33 bits per heavy atom. The molecule has 4 heteroatoms. The van der Waals surface area contributed by atoms with E-state index in [0.717, 1.165) is 45.7 Å². The van der Waals surface area contributed by atoms with Crippen LogP contribution in [0.3, 0.4) is 0 Å². The van der Waals surface area contributed by atoms with E-state index < -0.39 is 0 Å². The van der Waals surface area contributed by atoms with Crippen LogP contribution in [0.4, 0.5) is 0 Å². The Labute approximate surface area is 128 Å². The van der Waals surface area contributed by atoms with Crippen molar-refractivity contribution in [1.82, 2.24) is 10.2 Å². The zero-order valence-electron chi connectivity index (χ0n) is 13.6.